The normalized spacial score (nSPS) is 9.88. The molecule has 0 bridgehead atoms. The van der Waals surface area contributed by atoms with E-state index in [0.717, 1.165) is 16.2 Å². The monoisotopic (exact) mass is 550 g/mol. The molecule has 0 aliphatic heterocycles. The van der Waals surface area contributed by atoms with Crippen LogP contribution < -0.4 is 0 Å². The molecule has 0 aliphatic rings. The summed E-state index contributed by atoms with van der Waals surface area (Å²) < 4.78 is 0. The van der Waals surface area contributed by atoms with Crippen LogP contribution in [0.15, 0.2) is 110 Å². The van der Waals surface area contributed by atoms with Gasteiger partial charge in [-0.2, -0.15) is 0 Å². The molecule has 3 aromatic carbocycles. The van der Waals surface area contributed by atoms with E-state index in [4.69, 9.17) is 0 Å². The van der Waals surface area contributed by atoms with E-state index in [1.165, 1.54) is 0 Å². The van der Waals surface area contributed by atoms with Crippen molar-refractivity contribution in [3.8, 4) is 17.2 Å². The van der Waals surface area contributed by atoms with Crippen molar-refractivity contribution in [3.05, 3.63) is 110 Å². The molecule has 6 aromatic rings. The van der Waals surface area contributed by atoms with Crippen LogP contribution in [0.4, 0.5) is 0 Å². The van der Waals surface area contributed by atoms with Gasteiger partial charge in [0.1, 0.15) is 33.8 Å². The number of benzene rings is 3. The molecule has 3 N–H and O–H groups in total. The zero-order valence-corrected chi connectivity index (χ0v) is 21.4. The quantitative estimate of drug-likeness (QED) is 0.233. The van der Waals surface area contributed by atoms with Crippen molar-refractivity contribution in [2.45, 2.75) is 0 Å². The van der Waals surface area contributed by atoms with Gasteiger partial charge in [-0.3, -0.25) is 15.0 Å². The first-order chi connectivity index (χ1) is 16.1. The maximum absolute atomic E-state index is 9.31. The number of aromatic hydroxyl groups is 3. The number of phenols is 3. The standard InChI is InChI=1S/3C9H7NO.In/c3*11-8-5-1-3-7-4-2-6-10-9(7)8;/h3*1-6,11H;. The number of hydrogen-bond donors (Lipinski definition) is 3. The van der Waals surface area contributed by atoms with Crippen LogP contribution in [0.1, 0.15) is 0 Å². The Hall–Kier alpha value is -3.84. The fourth-order valence-corrected chi connectivity index (χ4v) is 3.26. The zero-order chi connectivity index (χ0) is 23.0. The van der Waals surface area contributed by atoms with Crippen LogP contribution in [0.3, 0.4) is 0 Å². The van der Waals surface area contributed by atoms with Crippen LogP contribution >= 0.6 is 0 Å². The molecule has 0 spiro atoms. The molecular weight excluding hydrogens is 529 g/mol. The van der Waals surface area contributed by atoms with E-state index >= 15 is 0 Å². The molecule has 7 heteroatoms. The molecule has 3 heterocycles. The second-order valence-electron chi connectivity index (χ2n) is 7.06. The number of aromatic nitrogens is 3. The molecule has 6 rings (SSSR count). The van der Waals surface area contributed by atoms with Crippen LogP contribution in [0, 0.1) is 0 Å². The van der Waals surface area contributed by atoms with E-state index in [1.54, 1.807) is 55.0 Å². The number of rotatable bonds is 0. The average Bonchev–Trinajstić information content (AvgIpc) is 2.86. The van der Waals surface area contributed by atoms with E-state index in [-0.39, 0.29) is 43.1 Å². The Morgan fingerprint density at radius 3 is 0.912 bits per heavy atom. The van der Waals surface area contributed by atoms with Crippen LogP contribution in [0.2, 0.25) is 0 Å². The third kappa shape index (κ3) is 5.94. The van der Waals surface area contributed by atoms with Crippen molar-refractivity contribution in [1.29, 1.82) is 0 Å². The van der Waals surface area contributed by atoms with Crippen LogP contribution in [0.5, 0.6) is 17.2 Å². The molecule has 0 aliphatic carbocycles. The number of pyridine rings is 3. The first kappa shape index (κ1) is 24.8. The Bertz CT molecular complexity index is 1330. The number of hydrogen-bond acceptors (Lipinski definition) is 6. The first-order valence-corrected chi connectivity index (χ1v) is 10.2. The van der Waals surface area contributed by atoms with E-state index in [9.17, 15) is 15.3 Å². The van der Waals surface area contributed by atoms with E-state index < -0.39 is 0 Å². The van der Waals surface area contributed by atoms with Gasteiger partial charge in [-0.1, -0.05) is 54.6 Å². The Morgan fingerprint density at radius 2 is 0.647 bits per heavy atom. The molecule has 34 heavy (non-hydrogen) atoms. The van der Waals surface area contributed by atoms with E-state index in [0.29, 0.717) is 16.6 Å². The summed E-state index contributed by atoms with van der Waals surface area (Å²) in [6.07, 6.45) is 5.01. The summed E-state index contributed by atoms with van der Waals surface area (Å²) in [5, 5.41) is 30.8. The van der Waals surface area contributed by atoms with Crippen molar-refractivity contribution in [2.75, 3.05) is 0 Å². The third-order valence-electron chi connectivity index (χ3n) is 4.83. The van der Waals surface area contributed by atoms with Gasteiger partial charge in [0.15, 0.2) is 0 Å². The van der Waals surface area contributed by atoms with Crippen LogP contribution in [-0.2, 0) is 0 Å². The third-order valence-corrected chi connectivity index (χ3v) is 4.83. The molecule has 6 nitrogen and oxygen atoms in total. The van der Waals surface area contributed by atoms with Crippen LogP contribution in [0.25, 0.3) is 32.7 Å². The SMILES string of the molecule is Oc1cccc2cccnc12.Oc1cccc2cccnc12.Oc1cccc2cccnc12.[In]. The summed E-state index contributed by atoms with van der Waals surface area (Å²) in [6, 6.07) is 27.4. The van der Waals surface area contributed by atoms with Crippen LogP contribution in [-0.4, -0.2) is 56.1 Å². The van der Waals surface area contributed by atoms with Gasteiger partial charge >= 0.3 is 0 Å². The molecule has 3 radical (unpaired) electrons. The number of para-hydroxylation sites is 3. The molecule has 0 saturated heterocycles. The summed E-state index contributed by atoms with van der Waals surface area (Å²) in [5.41, 5.74) is 1.99. The van der Waals surface area contributed by atoms with Gasteiger partial charge in [-0.05, 0) is 36.4 Å². The summed E-state index contributed by atoms with van der Waals surface area (Å²) >= 11 is 0. The molecule has 0 saturated carbocycles. The van der Waals surface area contributed by atoms with Gasteiger partial charge in [0.25, 0.3) is 0 Å². The topological polar surface area (TPSA) is 99.4 Å². The van der Waals surface area contributed by atoms with Gasteiger partial charge in [0.05, 0.1) is 0 Å². The summed E-state index contributed by atoms with van der Waals surface area (Å²) in [5.74, 6) is 0.717. The second kappa shape index (κ2) is 11.9. The van der Waals surface area contributed by atoms with Gasteiger partial charge < -0.3 is 15.3 Å². The van der Waals surface area contributed by atoms with Gasteiger partial charge in [-0.25, -0.2) is 0 Å². The molecule has 0 unspecified atom stereocenters. The van der Waals surface area contributed by atoms with Gasteiger partial charge in [0, 0.05) is 60.6 Å². The van der Waals surface area contributed by atoms with E-state index in [1.807, 2.05) is 54.6 Å². The maximum Gasteiger partial charge on any atom is 0.141 e. The molecule has 3 aromatic heterocycles. The van der Waals surface area contributed by atoms with Gasteiger partial charge in [-0.15, -0.1) is 0 Å². The summed E-state index contributed by atoms with van der Waals surface area (Å²) in [7, 11) is 0. The first-order valence-electron chi connectivity index (χ1n) is 10.2. The number of phenolic OH excluding ortho intramolecular Hbond substituents is 3. The van der Waals surface area contributed by atoms with Crippen molar-refractivity contribution in [1.82, 2.24) is 15.0 Å². The van der Waals surface area contributed by atoms with E-state index in [2.05, 4.69) is 15.0 Å². The average molecular weight is 550 g/mol. The molecular formula is C27H21InN3O3. The Kier molecular flexibility index (Phi) is 8.65. The minimum Gasteiger partial charge on any atom is -0.506 e. The fraction of sp³-hybridized carbons (Fsp3) is 0. The minimum atomic E-state index is 0. The summed E-state index contributed by atoms with van der Waals surface area (Å²) in [4.78, 5) is 12.1. The largest absolute Gasteiger partial charge is 0.506 e. The van der Waals surface area contributed by atoms with Gasteiger partial charge in [0.2, 0.25) is 0 Å². The number of fused-ring (bicyclic) bond motifs is 3. The summed E-state index contributed by atoms with van der Waals surface area (Å²) in [6.45, 7) is 0. The van der Waals surface area contributed by atoms with Crippen molar-refractivity contribution >= 4 is 58.6 Å². The predicted molar refractivity (Wildman–Crippen MR) is 136 cm³/mol. The van der Waals surface area contributed by atoms with Crippen molar-refractivity contribution in [3.63, 3.8) is 0 Å². The minimum absolute atomic E-state index is 0. The molecule has 0 amide bonds. The predicted octanol–water partition coefficient (Wildman–Crippen LogP) is 5.44. The molecule has 165 valence electrons. The Balaban J connectivity index is 0.000000141. The smallest absolute Gasteiger partial charge is 0.141 e. The maximum atomic E-state index is 9.31. The molecule has 0 fully saturated rings. The Labute approximate surface area is 215 Å². The molecule has 0 atom stereocenters. The fourth-order valence-electron chi connectivity index (χ4n) is 3.26. The second-order valence-corrected chi connectivity index (χ2v) is 7.06. The number of nitrogens with zero attached hydrogens (tertiary/aromatic N) is 3. The Morgan fingerprint density at radius 1 is 0.382 bits per heavy atom. The van der Waals surface area contributed by atoms with Crippen molar-refractivity contribution < 1.29 is 15.3 Å². The van der Waals surface area contributed by atoms with Crippen molar-refractivity contribution in [2.24, 2.45) is 0 Å². The zero-order valence-electron chi connectivity index (χ0n) is 18.2.